The lowest BCUT2D eigenvalue weighted by molar-refractivity contribution is 0.180. The number of nitrogens with zero attached hydrogens (tertiary/aromatic N) is 1. The lowest BCUT2D eigenvalue weighted by Crippen LogP contribution is -2.39. The van der Waals surface area contributed by atoms with Gasteiger partial charge in [-0.1, -0.05) is 24.3 Å². The number of aliphatic hydroxyl groups excluding tert-OH is 1. The molecule has 0 saturated heterocycles. The lowest BCUT2D eigenvalue weighted by Gasteiger charge is -2.16. The van der Waals surface area contributed by atoms with Crippen molar-refractivity contribution in [3.05, 3.63) is 59.7 Å². The van der Waals surface area contributed by atoms with Crippen molar-refractivity contribution in [1.82, 2.24) is 10.6 Å². The van der Waals surface area contributed by atoms with Gasteiger partial charge in [0.05, 0.1) is 25.9 Å². The molecule has 9 heteroatoms. The maximum Gasteiger partial charge on any atom is 0.411 e. The molecular weight excluding hydrogens is 523 g/mol. The van der Waals surface area contributed by atoms with E-state index in [4.69, 9.17) is 4.74 Å². The van der Waals surface area contributed by atoms with Crippen molar-refractivity contribution in [2.24, 2.45) is 4.99 Å². The number of carbonyl (C=O) groups is 1. The predicted molar refractivity (Wildman–Crippen MR) is 138 cm³/mol. The van der Waals surface area contributed by atoms with Gasteiger partial charge in [-0.15, -0.1) is 24.0 Å². The van der Waals surface area contributed by atoms with Crippen molar-refractivity contribution in [2.75, 3.05) is 25.5 Å². The zero-order valence-corrected chi connectivity index (χ0v) is 21.3. The van der Waals surface area contributed by atoms with Crippen molar-refractivity contribution >= 4 is 41.7 Å². The van der Waals surface area contributed by atoms with Crippen molar-refractivity contribution in [3.63, 3.8) is 0 Å². The van der Waals surface area contributed by atoms with Crippen LogP contribution in [0.2, 0.25) is 0 Å². The molecule has 1 unspecified atom stereocenters. The van der Waals surface area contributed by atoms with Crippen LogP contribution in [0.25, 0.3) is 0 Å². The molecule has 0 aliphatic carbocycles. The van der Waals surface area contributed by atoms with Gasteiger partial charge in [0.2, 0.25) is 0 Å². The molecule has 1 atom stereocenters. The van der Waals surface area contributed by atoms with Gasteiger partial charge in [-0.05, 0) is 56.2 Å². The highest BCUT2D eigenvalue weighted by atomic mass is 127. The molecule has 0 bridgehead atoms. The highest BCUT2D eigenvalue weighted by Crippen LogP contribution is 2.18. The summed E-state index contributed by atoms with van der Waals surface area (Å²) in [5.74, 6) is 1.39. The molecule has 0 aliphatic rings. The molecule has 32 heavy (non-hydrogen) atoms. The first-order chi connectivity index (χ1) is 14.9. The Hall–Kier alpha value is -2.53. The Morgan fingerprint density at radius 2 is 1.72 bits per heavy atom. The quantitative estimate of drug-likeness (QED) is 0.211. The molecule has 0 heterocycles. The van der Waals surface area contributed by atoms with Crippen molar-refractivity contribution in [2.45, 2.75) is 39.5 Å². The number of hydrogen-bond donors (Lipinski definition) is 4. The fourth-order valence-electron chi connectivity index (χ4n) is 2.73. The first-order valence-corrected chi connectivity index (χ1v) is 10.3. The second-order valence-corrected chi connectivity index (χ2v) is 7.14. The topological polar surface area (TPSA) is 104 Å². The van der Waals surface area contributed by atoms with E-state index in [1.807, 2.05) is 57.2 Å². The molecule has 2 aromatic carbocycles. The molecule has 0 radical (unpaired) electrons. The minimum atomic E-state index is -0.680. The zero-order chi connectivity index (χ0) is 22.6. The number of carbonyl (C=O) groups excluding carboxylic acids is 1. The first-order valence-electron chi connectivity index (χ1n) is 10.3. The predicted octanol–water partition coefficient (Wildman–Crippen LogP) is 4.06. The van der Waals surface area contributed by atoms with Crippen molar-refractivity contribution in [1.29, 1.82) is 0 Å². The smallest absolute Gasteiger partial charge is 0.411 e. The van der Waals surface area contributed by atoms with Gasteiger partial charge in [0.1, 0.15) is 5.75 Å². The van der Waals surface area contributed by atoms with E-state index in [-0.39, 0.29) is 30.1 Å². The first kappa shape index (κ1) is 27.5. The number of benzene rings is 2. The Morgan fingerprint density at radius 1 is 1.06 bits per heavy atom. The monoisotopic (exact) mass is 556 g/mol. The van der Waals surface area contributed by atoms with Crippen LogP contribution in [0.4, 0.5) is 10.5 Å². The second kappa shape index (κ2) is 14.5. The summed E-state index contributed by atoms with van der Waals surface area (Å²) < 4.78 is 10.2. The third-order valence-corrected chi connectivity index (χ3v) is 4.25. The highest BCUT2D eigenvalue weighted by molar-refractivity contribution is 14.0. The van der Waals surface area contributed by atoms with E-state index in [1.165, 1.54) is 7.11 Å². The van der Waals surface area contributed by atoms with Gasteiger partial charge in [0.15, 0.2) is 5.96 Å². The number of nitrogens with one attached hydrogen (secondary N) is 3. The minimum absolute atomic E-state index is 0. The maximum atomic E-state index is 11.2. The number of rotatable bonds is 9. The standard InChI is InChI=1S/C23H32N4O4.HI/c1-5-24-22(25-14-17-6-10-19(11-7-17)27-23(29)30-4)26-15-21(28)18-8-12-20(13-9-18)31-16(2)3;/h6-13,16,21,28H,5,14-15H2,1-4H3,(H,27,29)(H2,24,25,26);1H. The summed E-state index contributed by atoms with van der Waals surface area (Å²) in [6, 6.07) is 14.8. The van der Waals surface area contributed by atoms with Crippen LogP contribution in [0.1, 0.15) is 38.0 Å². The highest BCUT2D eigenvalue weighted by Gasteiger charge is 2.09. The third kappa shape index (κ3) is 9.73. The largest absolute Gasteiger partial charge is 0.491 e. The van der Waals surface area contributed by atoms with Crippen LogP contribution in [0, 0.1) is 0 Å². The summed E-state index contributed by atoms with van der Waals surface area (Å²) in [5, 5.41) is 19.4. The van der Waals surface area contributed by atoms with Gasteiger partial charge < -0.3 is 25.2 Å². The summed E-state index contributed by atoms with van der Waals surface area (Å²) in [4.78, 5) is 15.8. The summed E-state index contributed by atoms with van der Waals surface area (Å²) in [7, 11) is 1.32. The molecule has 8 nitrogen and oxygen atoms in total. The molecule has 0 saturated carbocycles. The van der Waals surface area contributed by atoms with Gasteiger partial charge in [-0.25, -0.2) is 9.79 Å². The molecule has 2 aromatic rings. The number of ether oxygens (including phenoxy) is 2. The van der Waals surface area contributed by atoms with Crippen LogP contribution in [0.15, 0.2) is 53.5 Å². The third-order valence-electron chi connectivity index (χ3n) is 4.25. The Bertz CT molecular complexity index is 842. The van der Waals surface area contributed by atoms with Crippen molar-refractivity contribution in [3.8, 4) is 5.75 Å². The zero-order valence-electron chi connectivity index (χ0n) is 18.9. The molecule has 0 spiro atoms. The molecule has 2 rings (SSSR count). The molecule has 4 N–H and O–H groups in total. The fourth-order valence-corrected chi connectivity index (χ4v) is 2.73. The Morgan fingerprint density at radius 3 is 2.28 bits per heavy atom. The fraction of sp³-hybridized carbons (Fsp3) is 0.391. The van der Waals surface area contributed by atoms with Crippen LogP contribution in [-0.4, -0.2) is 43.5 Å². The number of halogens is 1. The Kier molecular flexibility index (Phi) is 12.5. The van der Waals surface area contributed by atoms with E-state index in [2.05, 4.69) is 25.7 Å². The van der Waals surface area contributed by atoms with E-state index >= 15 is 0 Å². The number of aliphatic hydroxyl groups is 1. The Labute approximate surface area is 206 Å². The second-order valence-electron chi connectivity index (χ2n) is 7.14. The number of anilines is 1. The average Bonchev–Trinajstić information content (AvgIpc) is 2.76. The number of guanidine groups is 1. The average molecular weight is 556 g/mol. The number of methoxy groups -OCH3 is 1. The van der Waals surface area contributed by atoms with Gasteiger partial charge in [0, 0.05) is 18.8 Å². The minimum Gasteiger partial charge on any atom is -0.491 e. The van der Waals surface area contributed by atoms with E-state index in [0.29, 0.717) is 31.3 Å². The Balaban J connectivity index is 0.00000512. The SMILES string of the molecule is CCNC(=NCc1ccc(NC(=O)OC)cc1)NCC(O)c1ccc(OC(C)C)cc1.I. The number of hydrogen-bond acceptors (Lipinski definition) is 5. The van der Waals surface area contributed by atoms with E-state index < -0.39 is 12.2 Å². The molecule has 0 aliphatic heterocycles. The van der Waals surface area contributed by atoms with Crippen LogP contribution in [0.3, 0.4) is 0 Å². The van der Waals surface area contributed by atoms with E-state index in [0.717, 1.165) is 16.9 Å². The summed E-state index contributed by atoms with van der Waals surface area (Å²) in [6.45, 7) is 7.40. The molecule has 1 amide bonds. The number of amides is 1. The lowest BCUT2D eigenvalue weighted by atomic mass is 10.1. The van der Waals surface area contributed by atoms with Gasteiger partial charge in [0.25, 0.3) is 0 Å². The van der Waals surface area contributed by atoms with E-state index in [9.17, 15) is 9.90 Å². The van der Waals surface area contributed by atoms with Crippen LogP contribution in [-0.2, 0) is 11.3 Å². The summed E-state index contributed by atoms with van der Waals surface area (Å²) in [5.41, 5.74) is 2.43. The molecule has 176 valence electrons. The van der Waals surface area contributed by atoms with E-state index in [1.54, 1.807) is 12.1 Å². The molecular formula is C23H33IN4O4. The van der Waals surface area contributed by atoms with Gasteiger partial charge >= 0.3 is 6.09 Å². The van der Waals surface area contributed by atoms with Crippen LogP contribution < -0.4 is 20.7 Å². The van der Waals surface area contributed by atoms with Crippen molar-refractivity contribution < 1.29 is 19.4 Å². The summed E-state index contributed by atoms with van der Waals surface area (Å²) in [6.07, 6.45) is -1.08. The summed E-state index contributed by atoms with van der Waals surface area (Å²) >= 11 is 0. The molecule has 0 aromatic heterocycles. The van der Waals surface area contributed by atoms with Gasteiger partial charge in [-0.3, -0.25) is 5.32 Å². The molecule has 0 fully saturated rings. The van der Waals surface area contributed by atoms with Crippen LogP contribution in [0.5, 0.6) is 5.75 Å². The maximum absolute atomic E-state index is 11.2. The van der Waals surface area contributed by atoms with Crippen LogP contribution >= 0.6 is 24.0 Å². The normalized spacial score (nSPS) is 11.9. The van der Waals surface area contributed by atoms with Gasteiger partial charge in [-0.2, -0.15) is 0 Å². The number of aliphatic imine (C=N–C) groups is 1.